The molecule has 0 radical (unpaired) electrons. The number of carbonyl (C=O) groups excluding carboxylic acids is 1. The Kier molecular flexibility index (Phi) is 5.50. The maximum atomic E-state index is 13.6. The first kappa shape index (κ1) is 19.0. The summed E-state index contributed by atoms with van der Waals surface area (Å²) in [5, 5.41) is 0. The van der Waals surface area contributed by atoms with Crippen LogP contribution >= 0.6 is 0 Å². The molecule has 144 valence electrons. The highest BCUT2D eigenvalue weighted by Crippen LogP contribution is 2.26. The van der Waals surface area contributed by atoms with Gasteiger partial charge in [0, 0.05) is 30.3 Å². The molecule has 1 aliphatic rings. The molecule has 1 aromatic carbocycles. The number of amides is 1. The van der Waals surface area contributed by atoms with E-state index >= 15 is 0 Å². The van der Waals surface area contributed by atoms with Gasteiger partial charge in [-0.3, -0.25) is 14.6 Å². The summed E-state index contributed by atoms with van der Waals surface area (Å²) < 4.78 is 32.5. The predicted molar refractivity (Wildman–Crippen MR) is 92.4 cm³/mol. The molecule has 0 spiro atoms. The number of aromatic nitrogens is 2. The number of H-pyrrole nitrogens is 2. The molecule has 0 saturated carbocycles. The summed E-state index contributed by atoms with van der Waals surface area (Å²) in [4.78, 5) is 42.0. The fourth-order valence-electron chi connectivity index (χ4n) is 3.25. The van der Waals surface area contributed by atoms with Gasteiger partial charge in [0.15, 0.2) is 0 Å². The zero-order valence-electron chi connectivity index (χ0n) is 14.7. The van der Waals surface area contributed by atoms with Gasteiger partial charge >= 0.3 is 5.69 Å². The van der Waals surface area contributed by atoms with Gasteiger partial charge in [0.2, 0.25) is 5.91 Å². The quantitative estimate of drug-likeness (QED) is 0.834. The van der Waals surface area contributed by atoms with E-state index in [1.807, 2.05) is 0 Å². The number of carbonyl (C=O) groups is 1. The van der Waals surface area contributed by atoms with E-state index in [0.717, 1.165) is 6.07 Å². The van der Waals surface area contributed by atoms with E-state index in [4.69, 9.17) is 4.74 Å². The normalized spacial score (nSPS) is 17.1. The van der Waals surface area contributed by atoms with Crippen LogP contribution in [0.5, 0.6) is 0 Å². The molecule has 1 saturated heterocycles. The van der Waals surface area contributed by atoms with Crippen LogP contribution < -0.4 is 11.2 Å². The van der Waals surface area contributed by atoms with Gasteiger partial charge in [0.05, 0.1) is 19.3 Å². The highest BCUT2D eigenvalue weighted by atomic mass is 19.1. The summed E-state index contributed by atoms with van der Waals surface area (Å²) in [5.41, 5.74) is -0.0887. The van der Waals surface area contributed by atoms with E-state index in [9.17, 15) is 23.2 Å². The summed E-state index contributed by atoms with van der Waals surface area (Å²) >= 11 is 0. The standard InChI is InChI=1S/C18H19F2N3O4/c1-10-14(17(25)22-18(26)21-10)2-3-16(24)23-4-5-27-9-15(23)11-6-12(19)8-13(20)7-11/h6-8,15H,2-5,9H2,1H3,(H2,21,22,25,26). The molecule has 0 aliphatic carbocycles. The third kappa shape index (κ3) is 4.30. The number of nitrogens with one attached hydrogen (secondary N) is 2. The molecule has 1 unspecified atom stereocenters. The maximum absolute atomic E-state index is 13.6. The van der Waals surface area contributed by atoms with Crippen molar-refractivity contribution in [2.24, 2.45) is 0 Å². The Morgan fingerprint density at radius 3 is 2.59 bits per heavy atom. The third-order valence-corrected chi connectivity index (χ3v) is 4.56. The summed E-state index contributed by atoms with van der Waals surface area (Å²) in [6, 6.07) is 2.52. The van der Waals surface area contributed by atoms with E-state index in [0.29, 0.717) is 23.4 Å². The number of aryl methyl sites for hydroxylation is 1. The zero-order valence-corrected chi connectivity index (χ0v) is 14.7. The number of hydrogen-bond donors (Lipinski definition) is 2. The Morgan fingerprint density at radius 1 is 1.22 bits per heavy atom. The van der Waals surface area contributed by atoms with Crippen LogP contribution in [0.1, 0.15) is 29.3 Å². The van der Waals surface area contributed by atoms with Crippen LogP contribution in [0.3, 0.4) is 0 Å². The van der Waals surface area contributed by atoms with Crippen molar-refractivity contribution in [3.63, 3.8) is 0 Å². The Labute approximate surface area is 153 Å². The Balaban J connectivity index is 1.78. The predicted octanol–water partition coefficient (Wildman–Crippen LogP) is 1.18. The van der Waals surface area contributed by atoms with Crippen molar-refractivity contribution in [1.82, 2.24) is 14.9 Å². The van der Waals surface area contributed by atoms with Crippen molar-refractivity contribution in [1.29, 1.82) is 0 Å². The van der Waals surface area contributed by atoms with Gasteiger partial charge in [-0.1, -0.05) is 0 Å². The molecule has 1 aliphatic heterocycles. The van der Waals surface area contributed by atoms with Crippen LogP contribution in [0.25, 0.3) is 0 Å². The van der Waals surface area contributed by atoms with Crippen LogP contribution in [-0.4, -0.2) is 40.5 Å². The number of aromatic amines is 2. The Morgan fingerprint density at radius 2 is 1.93 bits per heavy atom. The molecule has 3 rings (SSSR count). The number of rotatable bonds is 4. The largest absolute Gasteiger partial charge is 0.377 e. The first-order valence-electron chi connectivity index (χ1n) is 8.50. The molecule has 9 heteroatoms. The van der Waals surface area contributed by atoms with Gasteiger partial charge in [-0.25, -0.2) is 13.6 Å². The molecule has 1 amide bonds. The summed E-state index contributed by atoms with van der Waals surface area (Å²) in [6.45, 7) is 2.32. The molecule has 1 atom stereocenters. The smallest absolute Gasteiger partial charge is 0.325 e. The fourth-order valence-corrected chi connectivity index (χ4v) is 3.25. The van der Waals surface area contributed by atoms with Crippen molar-refractivity contribution < 1.29 is 18.3 Å². The monoisotopic (exact) mass is 379 g/mol. The number of nitrogens with zero attached hydrogens (tertiary/aromatic N) is 1. The summed E-state index contributed by atoms with van der Waals surface area (Å²) in [6.07, 6.45) is 0.155. The van der Waals surface area contributed by atoms with Gasteiger partial charge < -0.3 is 14.6 Å². The first-order chi connectivity index (χ1) is 12.8. The number of hydrogen-bond acceptors (Lipinski definition) is 4. The molecule has 27 heavy (non-hydrogen) atoms. The molecule has 2 heterocycles. The lowest BCUT2D eigenvalue weighted by Gasteiger charge is -2.36. The molecule has 1 fully saturated rings. The van der Waals surface area contributed by atoms with Gasteiger partial charge in [-0.15, -0.1) is 0 Å². The number of halogens is 2. The first-order valence-corrected chi connectivity index (χ1v) is 8.50. The average Bonchev–Trinajstić information content (AvgIpc) is 2.59. The van der Waals surface area contributed by atoms with E-state index in [2.05, 4.69) is 9.97 Å². The van der Waals surface area contributed by atoms with Crippen LogP contribution in [0.15, 0.2) is 27.8 Å². The second kappa shape index (κ2) is 7.83. The Bertz CT molecular complexity index is 950. The fraction of sp³-hybridized carbons (Fsp3) is 0.389. The lowest BCUT2D eigenvalue weighted by Crippen LogP contribution is -2.43. The highest BCUT2D eigenvalue weighted by molar-refractivity contribution is 5.77. The average molecular weight is 379 g/mol. The number of morpholine rings is 1. The van der Waals surface area contributed by atoms with Crippen molar-refractivity contribution in [3.8, 4) is 0 Å². The molecule has 0 bridgehead atoms. The van der Waals surface area contributed by atoms with Crippen molar-refractivity contribution in [2.75, 3.05) is 19.8 Å². The van der Waals surface area contributed by atoms with Crippen molar-refractivity contribution in [3.05, 3.63) is 67.5 Å². The van der Waals surface area contributed by atoms with Gasteiger partial charge in [-0.05, 0) is 31.0 Å². The van der Waals surface area contributed by atoms with Crippen molar-refractivity contribution in [2.45, 2.75) is 25.8 Å². The van der Waals surface area contributed by atoms with Gasteiger partial charge in [-0.2, -0.15) is 0 Å². The second-order valence-corrected chi connectivity index (χ2v) is 6.39. The number of benzene rings is 1. The van der Waals surface area contributed by atoms with Crippen LogP contribution in [0.2, 0.25) is 0 Å². The highest BCUT2D eigenvalue weighted by Gasteiger charge is 2.29. The molecule has 2 aromatic rings. The summed E-state index contributed by atoms with van der Waals surface area (Å²) in [7, 11) is 0. The van der Waals surface area contributed by atoms with Gasteiger partial charge in [0.25, 0.3) is 5.56 Å². The molecular weight excluding hydrogens is 360 g/mol. The maximum Gasteiger partial charge on any atom is 0.325 e. The third-order valence-electron chi connectivity index (χ3n) is 4.56. The van der Waals surface area contributed by atoms with Crippen LogP contribution in [0.4, 0.5) is 8.78 Å². The minimum Gasteiger partial charge on any atom is -0.377 e. The minimum atomic E-state index is -0.724. The SMILES string of the molecule is Cc1[nH]c(=O)[nH]c(=O)c1CCC(=O)N1CCOCC1c1cc(F)cc(F)c1. The number of ether oxygens (including phenoxy) is 1. The van der Waals surface area contributed by atoms with E-state index in [1.54, 1.807) is 6.92 Å². The zero-order chi connectivity index (χ0) is 19.6. The molecule has 2 N–H and O–H groups in total. The second-order valence-electron chi connectivity index (χ2n) is 6.39. The molecular formula is C18H19F2N3O4. The van der Waals surface area contributed by atoms with E-state index < -0.39 is 28.9 Å². The lowest BCUT2D eigenvalue weighted by atomic mass is 10.0. The topological polar surface area (TPSA) is 95.3 Å². The van der Waals surface area contributed by atoms with Gasteiger partial charge in [0.1, 0.15) is 11.6 Å². The minimum absolute atomic E-state index is 0.0181. The van der Waals surface area contributed by atoms with Crippen LogP contribution in [0, 0.1) is 18.6 Å². The lowest BCUT2D eigenvalue weighted by molar-refractivity contribution is -0.140. The molecule has 7 nitrogen and oxygen atoms in total. The van der Waals surface area contributed by atoms with E-state index in [-0.39, 0.29) is 31.9 Å². The van der Waals surface area contributed by atoms with Crippen LogP contribution in [-0.2, 0) is 16.0 Å². The molecule has 1 aromatic heterocycles. The van der Waals surface area contributed by atoms with Crippen molar-refractivity contribution >= 4 is 5.91 Å². The Hall–Kier alpha value is -2.81. The van der Waals surface area contributed by atoms with E-state index in [1.165, 1.54) is 17.0 Å². The summed E-state index contributed by atoms with van der Waals surface area (Å²) in [5.74, 6) is -1.71.